The summed E-state index contributed by atoms with van der Waals surface area (Å²) in [6.45, 7) is 7.75. The van der Waals surface area contributed by atoms with Crippen LogP contribution in [-0.4, -0.2) is 13.2 Å². The first kappa shape index (κ1) is 12.3. The van der Waals surface area contributed by atoms with Crippen LogP contribution >= 0.6 is 0 Å². The van der Waals surface area contributed by atoms with E-state index in [0.717, 1.165) is 43.1 Å². The van der Waals surface area contributed by atoms with Crippen LogP contribution in [0.1, 0.15) is 42.0 Å². The van der Waals surface area contributed by atoms with Crippen molar-refractivity contribution < 1.29 is 9.47 Å². The quantitative estimate of drug-likeness (QED) is 0.817. The van der Waals surface area contributed by atoms with E-state index >= 15 is 0 Å². The van der Waals surface area contributed by atoms with Crippen LogP contribution in [0.2, 0.25) is 0 Å². The Morgan fingerprint density at radius 2 is 1.68 bits per heavy atom. The summed E-state index contributed by atoms with van der Waals surface area (Å²) in [6.07, 6.45) is 1.83. The number of rotatable bonds is 2. The largest absolute Gasteiger partial charge is 0.493 e. The number of nitriles is 1. The predicted octanol–water partition coefficient (Wildman–Crippen LogP) is 3.13. The van der Waals surface area contributed by atoms with Gasteiger partial charge in [0.15, 0.2) is 0 Å². The lowest BCUT2D eigenvalue weighted by Crippen LogP contribution is -2.09. The Kier molecular flexibility index (Phi) is 2.89. The van der Waals surface area contributed by atoms with Crippen molar-refractivity contribution in [3.05, 3.63) is 22.3 Å². The molecule has 3 rings (SSSR count). The summed E-state index contributed by atoms with van der Waals surface area (Å²) in [5.74, 6) is 2.16. The van der Waals surface area contributed by atoms with Gasteiger partial charge < -0.3 is 9.47 Å². The van der Waals surface area contributed by atoms with Gasteiger partial charge in [-0.15, -0.1) is 0 Å². The van der Waals surface area contributed by atoms with Crippen LogP contribution in [0.15, 0.2) is 0 Å². The third-order valence-electron chi connectivity index (χ3n) is 4.22. The lowest BCUT2D eigenvalue weighted by molar-refractivity contribution is 0.349. The van der Waals surface area contributed by atoms with Crippen LogP contribution in [0.4, 0.5) is 0 Å². The highest BCUT2D eigenvalue weighted by Crippen LogP contribution is 2.48. The van der Waals surface area contributed by atoms with Crippen LogP contribution < -0.4 is 9.47 Å². The molecule has 0 radical (unpaired) electrons. The average molecular weight is 257 g/mol. The van der Waals surface area contributed by atoms with E-state index < -0.39 is 0 Å². The van der Waals surface area contributed by atoms with Crippen LogP contribution in [0.3, 0.4) is 0 Å². The fourth-order valence-electron chi connectivity index (χ4n) is 3.25. The highest BCUT2D eigenvalue weighted by atomic mass is 16.5. The molecule has 0 fully saturated rings. The Morgan fingerprint density at radius 1 is 1.05 bits per heavy atom. The number of ether oxygens (including phenoxy) is 2. The standard InChI is InChI=1S/C16H19NO2/c1-9(2)13(8-17)14-12-5-7-18-15(12)10(3)11-4-6-19-16(11)14/h9,13H,4-7H2,1-3H3. The van der Waals surface area contributed by atoms with Crippen molar-refractivity contribution in [2.24, 2.45) is 5.92 Å². The van der Waals surface area contributed by atoms with E-state index in [9.17, 15) is 5.26 Å². The molecule has 0 spiro atoms. The molecule has 0 saturated heterocycles. The fourth-order valence-corrected chi connectivity index (χ4v) is 3.25. The molecular formula is C16H19NO2. The van der Waals surface area contributed by atoms with Crippen LogP contribution in [0.5, 0.6) is 11.5 Å². The Hall–Kier alpha value is -1.69. The van der Waals surface area contributed by atoms with Gasteiger partial charge in [-0.05, 0) is 18.4 Å². The van der Waals surface area contributed by atoms with E-state index in [4.69, 9.17) is 9.47 Å². The molecule has 3 heteroatoms. The second kappa shape index (κ2) is 4.45. The predicted molar refractivity (Wildman–Crippen MR) is 72.8 cm³/mol. The normalized spacial score (nSPS) is 17.4. The number of fused-ring (bicyclic) bond motifs is 2. The monoisotopic (exact) mass is 257 g/mol. The first-order valence-electron chi connectivity index (χ1n) is 6.98. The van der Waals surface area contributed by atoms with Crippen molar-refractivity contribution in [3.8, 4) is 17.6 Å². The van der Waals surface area contributed by atoms with Gasteiger partial charge in [-0.2, -0.15) is 5.26 Å². The smallest absolute Gasteiger partial charge is 0.127 e. The van der Waals surface area contributed by atoms with E-state index in [2.05, 4.69) is 26.8 Å². The van der Waals surface area contributed by atoms with E-state index in [1.165, 1.54) is 16.7 Å². The molecule has 1 atom stereocenters. The van der Waals surface area contributed by atoms with Crippen molar-refractivity contribution in [2.45, 2.75) is 39.5 Å². The highest BCUT2D eigenvalue weighted by molar-refractivity contribution is 5.63. The summed E-state index contributed by atoms with van der Waals surface area (Å²) < 4.78 is 11.7. The molecule has 1 aromatic rings. The fraction of sp³-hybridized carbons (Fsp3) is 0.562. The number of nitrogens with zero attached hydrogens (tertiary/aromatic N) is 1. The molecule has 19 heavy (non-hydrogen) atoms. The Balaban J connectivity index is 2.27. The molecule has 3 nitrogen and oxygen atoms in total. The molecule has 100 valence electrons. The third kappa shape index (κ3) is 1.70. The first-order valence-corrected chi connectivity index (χ1v) is 6.98. The van der Waals surface area contributed by atoms with E-state index in [-0.39, 0.29) is 11.8 Å². The summed E-state index contributed by atoms with van der Waals surface area (Å²) in [7, 11) is 0. The molecule has 0 bridgehead atoms. The van der Waals surface area contributed by atoms with Crippen molar-refractivity contribution >= 4 is 0 Å². The molecule has 0 amide bonds. The Morgan fingerprint density at radius 3 is 2.32 bits per heavy atom. The molecule has 2 aliphatic heterocycles. The molecule has 2 heterocycles. The van der Waals surface area contributed by atoms with E-state index in [1.807, 2.05) is 0 Å². The lowest BCUT2D eigenvalue weighted by Gasteiger charge is -2.21. The van der Waals surface area contributed by atoms with Gasteiger partial charge in [0.05, 0.1) is 25.2 Å². The molecular weight excluding hydrogens is 238 g/mol. The molecule has 2 aliphatic rings. The van der Waals surface area contributed by atoms with Gasteiger partial charge in [0.25, 0.3) is 0 Å². The maximum atomic E-state index is 9.54. The molecule has 0 aliphatic carbocycles. The minimum absolute atomic E-state index is 0.108. The summed E-state index contributed by atoms with van der Waals surface area (Å²) in [5.41, 5.74) is 4.77. The molecule has 0 N–H and O–H groups in total. The zero-order valence-electron chi connectivity index (χ0n) is 11.7. The minimum Gasteiger partial charge on any atom is -0.493 e. The van der Waals surface area contributed by atoms with Gasteiger partial charge in [0.1, 0.15) is 11.5 Å². The zero-order valence-corrected chi connectivity index (χ0v) is 11.7. The van der Waals surface area contributed by atoms with Gasteiger partial charge in [-0.25, -0.2) is 0 Å². The zero-order chi connectivity index (χ0) is 13.6. The van der Waals surface area contributed by atoms with Crippen molar-refractivity contribution in [1.82, 2.24) is 0 Å². The van der Waals surface area contributed by atoms with Crippen molar-refractivity contribution in [3.63, 3.8) is 0 Å². The number of hydrogen-bond donors (Lipinski definition) is 0. The van der Waals surface area contributed by atoms with E-state index in [0.29, 0.717) is 0 Å². The first-order chi connectivity index (χ1) is 9.15. The summed E-state index contributed by atoms with van der Waals surface area (Å²) >= 11 is 0. The van der Waals surface area contributed by atoms with Gasteiger partial charge in [-0.1, -0.05) is 13.8 Å². The lowest BCUT2D eigenvalue weighted by atomic mass is 9.83. The summed E-state index contributed by atoms with van der Waals surface area (Å²) in [6, 6.07) is 2.46. The SMILES string of the molecule is Cc1c2c(c(C(C#N)C(C)C)c3c1OCC3)OCC2. The maximum Gasteiger partial charge on any atom is 0.127 e. The maximum absolute atomic E-state index is 9.54. The van der Waals surface area contributed by atoms with Gasteiger partial charge >= 0.3 is 0 Å². The molecule has 1 unspecified atom stereocenters. The number of benzene rings is 1. The summed E-state index contributed by atoms with van der Waals surface area (Å²) in [4.78, 5) is 0. The molecule has 1 aromatic carbocycles. The van der Waals surface area contributed by atoms with Crippen LogP contribution in [0.25, 0.3) is 0 Å². The third-order valence-corrected chi connectivity index (χ3v) is 4.22. The minimum atomic E-state index is -0.108. The Bertz CT molecular complexity index is 534. The second-order valence-electron chi connectivity index (χ2n) is 5.70. The highest BCUT2D eigenvalue weighted by Gasteiger charge is 2.34. The van der Waals surface area contributed by atoms with Crippen molar-refractivity contribution in [2.75, 3.05) is 13.2 Å². The topological polar surface area (TPSA) is 42.2 Å². The van der Waals surface area contributed by atoms with Gasteiger partial charge in [-0.3, -0.25) is 0 Å². The molecule has 0 saturated carbocycles. The Labute approximate surface area is 114 Å². The van der Waals surface area contributed by atoms with Gasteiger partial charge in [0, 0.05) is 29.5 Å². The average Bonchev–Trinajstić information content (AvgIpc) is 3.02. The van der Waals surface area contributed by atoms with Crippen LogP contribution in [-0.2, 0) is 12.8 Å². The summed E-state index contributed by atoms with van der Waals surface area (Å²) in [5, 5.41) is 9.54. The van der Waals surface area contributed by atoms with Gasteiger partial charge in [0.2, 0.25) is 0 Å². The second-order valence-corrected chi connectivity index (χ2v) is 5.70. The number of hydrogen-bond acceptors (Lipinski definition) is 3. The van der Waals surface area contributed by atoms with E-state index in [1.54, 1.807) is 0 Å². The molecule has 0 aromatic heterocycles. The van der Waals surface area contributed by atoms with Crippen molar-refractivity contribution in [1.29, 1.82) is 5.26 Å². The van der Waals surface area contributed by atoms with Crippen LogP contribution in [0, 0.1) is 24.2 Å².